The molecule has 0 aliphatic heterocycles. The van der Waals surface area contributed by atoms with E-state index in [1.807, 2.05) is 6.07 Å². The summed E-state index contributed by atoms with van der Waals surface area (Å²) in [5, 5.41) is 8.74. The number of benzene rings is 1. The quantitative estimate of drug-likeness (QED) is 0.681. The Kier molecular flexibility index (Phi) is 5.00. The van der Waals surface area contributed by atoms with E-state index in [9.17, 15) is 17.6 Å². The SMILES string of the molecule is N#Cc1cncc(SNC(c2ccc(F)cc2)C(F)(F)F)c1. The molecule has 0 fully saturated rings. The van der Waals surface area contributed by atoms with Crippen molar-refractivity contribution < 1.29 is 17.6 Å². The zero-order chi connectivity index (χ0) is 16.2. The third-order valence-corrected chi connectivity index (χ3v) is 3.48. The molecule has 1 aromatic carbocycles. The Bertz CT molecular complexity index is 680. The summed E-state index contributed by atoms with van der Waals surface area (Å²) in [5.74, 6) is -0.608. The highest BCUT2D eigenvalue weighted by Crippen LogP contribution is 2.35. The molecule has 2 aromatic rings. The topological polar surface area (TPSA) is 48.7 Å². The summed E-state index contributed by atoms with van der Waals surface area (Å²) in [6, 6.07) is 5.40. The van der Waals surface area contributed by atoms with E-state index in [0.717, 1.165) is 24.3 Å². The Labute approximate surface area is 128 Å². The molecule has 1 unspecified atom stereocenters. The van der Waals surface area contributed by atoms with Crippen molar-refractivity contribution >= 4 is 11.9 Å². The van der Waals surface area contributed by atoms with E-state index in [0.29, 0.717) is 16.8 Å². The van der Waals surface area contributed by atoms with E-state index in [1.54, 1.807) is 0 Å². The number of hydrogen-bond donors (Lipinski definition) is 1. The molecule has 0 saturated carbocycles. The van der Waals surface area contributed by atoms with Gasteiger partial charge in [0.2, 0.25) is 0 Å². The van der Waals surface area contributed by atoms with Crippen LogP contribution in [0.3, 0.4) is 0 Å². The number of halogens is 4. The van der Waals surface area contributed by atoms with Gasteiger partial charge in [-0.25, -0.2) is 9.11 Å². The van der Waals surface area contributed by atoms with Crippen LogP contribution in [0, 0.1) is 17.1 Å². The third kappa shape index (κ3) is 4.19. The second-order valence-corrected chi connectivity index (χ2v) is 5.18. The van der Waals surface area contributed by atoms with Gasteiger partial charge in [-0.05, 0) is 35.7 Å². The van der Waals surface area contributed by atoms with Crippen molar-refractivity contribution in [1.29, 1.82) is 5.26 Å². The number of pyridine rings is 1. The molecule has 0 aliphatic carbocycles. The minimum absolute atomic E-state index is 0.106. The number of nitriles is 1. The van der Waals surface area contributed by atoms with Crippen LogP contribution in [0.25, 0.3) is 0 Å². The molecule has 1 N–H and O–H groups in total. The van der Waals surface area contributed by atoms with Gasteiger partial charge in [-0.2, -0.15) is 18.4 Å². The summed E-state index contributed by atoms with van der Waals surface area (Å²) in [6.45, 7) is 0. The Hall–Kier alpha value is -2.11. The first-order valence-electron chi connectivity index (χ1n) is 6.00. The van der Waals surface area contributed by atoms with Crippen molar-refractivity contribution in [1.82, 2.24) is 9.71 Å². The molecular formula is C14H9F4N3S. The van der Waals surface area contributed by atoms with Gasteiger partial charge in [-0.1, -0.05) is 12.1 Å². The maximum atomic E-state index is 13.1. The van der Waals surface area contributed by atoms with Crippen LogP contribution in [0.2, 0.25) is 0 Å². The molecule has 0 aliphatic rings. The fourth-order valence-electron chi connectivity index (χ4n) is 1.64. The van der Waals surface area contributed by atoms with Crippen LogP contribution in [0.5, 0.6) is 0 Å². The van der Waals surface area contributed by atoms with Crippen LogP contribution in [-0.4, -0.2) is 11.2 Å². The first-order valence-corrected chi connectivity index (χ1v) is 6.81. The maximum Gasteiger partial charge on any atom is 0.408 e. The monoisotopic (exact) mass is 327 g/mol. The summed E-state index contributed by atoms with van der Waals surface area (Å²) < 4.78 is 54.5. The predicted molar refractivity (Wildman–Crippen MR) is 73.1 cm³/mol. The van der Waals surface area contributed by atoms with Gasteiger partial charge in [0.25, 0.3) is 0 Å². The van der Waals surface area contributed by atoms with Crippen LogP contribution in [-0.2, 0) is 0 Å². The second-order valence-electron chi connectivity index (χ2n) is 4.27. The van der Waals surface area contributed by atoms with E-state index in [2.05, 4.69) is 9.71 Å². The summed E-state index contributed by atoms with van der Waals surface area (Å²) >= 11 is 0.707. The van der Waals surface area contributed by atoms with Crippen molar-refractivity contribution in [2.24, 2.45) is 0 Å². The Morgan fingerprint density at radius 2 is 1.86 bits per heavy atom. The lowest BCUT2D eigenvalue weighted by Gasteiger charge is -2.21. The standard InChI is InChI=1S/C14H9F4N3S/c15-11-3-1-10(2-4-11)13(14(16,17)18)21-22-12-5-9(6-19)7-20-8-12/h1-5,7-8,13,21H. The maximum absolute atomic E-state index is 13.1. The number of aromatic nitrogens is 1. The van der Waals surface area contributed by atoms with Crippen molar-refractivity contribution in [3.8, 4) is 6.07 Å². The molecule has 1 aromatic heterocycles. The van der Waals surface area contributed by atoms with Gasteiger partial charge in [0.15, 0.2) is 0 Å². The van der Waals surface area contributed by atoms with Gasteiger partial charge in [0, 0.05) is 17.3 Å². The molecule has 0 radical (unpaired) electrons. The zero-order valence-electron chi connectivity index (χ0n) is 10.9. The van der Waals surface area contributed by atoms with Gasteiger partial charge in [-0.15, -0.1) is 0 Å². The highest BCUT2D eigenvalue weighted by atomic mass is 32.2. The van der Waals surface area contributed by atoms with E-state index >= 15 is 0 Å². The molecule has 2 rings (SSSR count). The summed E-state index contributed by atoms with van der Waals surface area (Å²) in [6.07, 6.45) is -1.90. The molecule has 0 saturated heterocycles. The minimum atomic E-state index is -4.55. The fraction of sp³-hybridized carbons (Fsp3) is 0.143. The van der Waals surface area contributed by atoms with Gasteiger partial charge < -0.3 is 0 Å². The highest BCUT2D eigenvalue weighted by Gasteiger charge is 2.40. The van der Waals surface area contributed by atoms with Crippen molar-refractivity contribution in [2.45, 2.75) is 17.1 Å². The molecule has 22 heavy (non-hydrogen) atoms. The highest BCUT2D eigenvalue weighted by molar-refractivity contribution is 7.97. The van der Waals surface area contributed by atoms with Crippen LogP contribution < -0.4 is 4.72 Å². The number of alkyl halides is 3. The molecule has 0 bridgehead atoms. The Morgan fingerprint density at radius 3 is 2.45 bits per heavy atom. The average molecular weight is 327 g/mol. The third-order valence-electron chi connectivity index (χ3n) is 2.67. The van der Waals surface area contributed by atoms with Crippen molar-refractivity contribution in [3.63, 3.8) is 0 Å². The number of nitrogens with zero attached hydrogens (tertiary/aromatic N) is 2. The molecule has 8 heteroatoms. The second kappa shape index (κ2) is 6.77. The lowest BCUT2D eigenvalue weighted by atomic mass is 10.1. The summed E-state index contributed by atoms with van der Waals surface area (Å²) in [4.78, 5) is 4.14. The predicted octanol–water partition coefficient (Wildman–Crippen LogP) is 3.99. The first kappa shape index (κ1) is 16.3. The Morgan fingerprint density at radius 1 is 1.18 bits per heavy atom. The Balaban J connectivity index is 2.17. The smallest absolute Gasteiger partial charge is 0.262 e. The van der Waals surface area contributed by atoms with Crippen LogP contribution in [0.1, 0.15) is 17.2 Å². The van der Waals surface area contributed by atoms with E-state index in [1.165, 1.54) is 18.5 Å². The summed E-state index contributed by atoms with van der Waals surface area (Å²) in [7, 11) is 0. The van der Waals surface area contributed by atoms with Gasteiger partial charge in [0.05, 0.1) is 5.56 Å². The number of rotatable bonds is 4. The minimum Gasteiger partial charge on any atom is -0.262 e. The molecule has 0 amide bonds. The molecular weight excluding hydrogens is 318 g/mol. The molecule has 0 spiro atoms. The zero-order valence-corrected chi connectivity index (χ0v) is 11.7. The molecule has 114 valence electrons. The van der Waals surface area contributed by atoms with Crippen molar-refractivity contribution in [3.05, 3.63) is 59.7 Å². The van der Waals surface area contributed by atoms with E-state index in [-0.39, 0.29) is 11.1 Å². The first-order chi connectivity index (χ1) is 10.4. The lowest BCUT2D eigenvalue weighted by molar-refractivity contribution is -0.152. The normalized spacial score (nSPS) is 12.7. The van der Waals surface area contributed by atoms with E-state index < -0.39 is 18.0 Å². The average Bonchev–Trinajstić information content (AvgIpc) is 2.48. The van der Waals surface area contributed by atoms with Gasteiger partial charge >= 0.3 is 6.18 Å². The largest absolute Gasteiger partial charge is 0.408 e. The van der Waals surface area contributed by atoms with Crippen molar-refractivity contribution in [2.75, 3.05) is 0 Å². The van der Waals surface area contributed by atoms with Crippen LogP contribution in [0.15, 0.2) is 47.6 Å². The number of hydrogen-bond acceptors (Lipinski definition) is 4. The molecule has 3 nitrogen and oxygen atoms in total. The molecule has 1 atom stereocenters. The fourth-order valence-corrected chi connectivity index (χ4v) is 2.46. The number of nitrogens with one attached hydrogen (secondary N) is 1. The van der Waals surface area contributed by atoms with E-state index in [4.69, 9.17) is 5.26 Å². The van der Waals surface area contributed by atoms with Crippen LogP contribution in [0.4, 0.5) is 17.6 Å². The van der Waals surface area contributed by atoms with Gasteiger partial charge in [-0.3, -0.25) is 4.98 Å². The summed E-state index contributed by atoms with van der Waals surface area (Å²) in [5.41, 5.74) is 0.142. The molecule has 1 heterocycles. The van der Waals surface area contributed by atoms with Gasteiger partial charge in [0.1, 0.15) is 17.9 Å². The van der Waals surface area contributed by atoms with Crippen LogP contribution >= 0.6 is 11.9 Å². The lowest BCUT2D eigenvalue weighted by Crippen LogP contribution is -2.30.